The van der Waals surface area contributed by atoms with E-state index in [2.05, 4.69) is 16.2 Å². The second-order valence-corrected chi connectivity index (χ2v) is 5.43. The Labute approximate surface area is 128 Å². The van der Waals surface area contributed by atoms with Crippen LogP contribution in [0.2, 0.25) is 5.02 Å². The van der Waals surface area contributed by atoms with Gasteiger partial charge in [-0.2, -0.15) is 10.4 Å². The molecule has 21 heavy (non-hydrogen) atoms. The summed E-state index contributed by atoms with van der Waals surface area (Å²) in [7, 11) is 0. The van der Waals surface area contributed by atoms with Crippen LogP contribution in [-0.4, -0.2) is 20.5 Å². The van der Waals surface area contributed by atoms with Gasteiger partial charge in [0.2, 0.25) is 0 Å². The van der Waals surface area contributed by atoms with Crippen molar-refractivity contribution in [1.82, 2.24) is 14.8 Å². The lowest BCUT2D eigenvalue weighted by Crippen LogP contribution is -2.31. The standard InChI is InChI=1S/C15H15ClN4O/c1-12(21)6-7-15(8-17,9-20-11-18-10-19-20)13-2-4-14(16)5-3-13/h2-5,10-11H,6-7,9H2,1H3. The van der Waals surface area contributed by atoms with E-state index in [-0.39, 0.29) is 5.78 Å². The Balaban J connectivity index is 2.38. The number of aromatic nitrogens is 3. The van der Waals surface area contributed by atoms with Crippen LogP contribution in [-0.2, 0) is 16.8 Å². The number of hydrogen-bond acceptors (Lipinski definition) is 4. The summed E-state index contributed by atoms with van der Waals surface area (Å²) in [6.45, 7) is 1.87. The summed E-state index contributed by atoms with van der Waals surface area (Å²) in [5.74, 6) is 0.0576. The van der Waals surface area contributed by atoms with Crippen LogP contribution in [0.1, 0.15) is 25.3 Å². The van der Waals surface area contributed by atoms with Gasteiger partial charge in [0, 0.05) is 11.4 Å². The Morgan fingerprint density at radius 2 is 2.14 bits per heavy atom. The zero-order valence-electron chi connectivity index (χ0n) is 11.7. The topological polar surface area (TPSA) is 71.6 Å². The van der Waals surface area contributed by atoms with Crippen molar-refractivity contribution >= 4 is 17.4 Å². The third kappa shape index (κ3) is 3.67. The van der Waals surface area contributed by atoms with Gasteiger partial charge in [-0.25, -0.2) is 4.98 Å². The van der Waals surface area contributed by atoms with E-state index >= 15 is 0 Å². The fourth-order valence-electron chi connectivity index (χ4n) is 2.22. The van der Waals surface area contributed by atoms with Crippen LogP contribution < -0.4 is 0 Å². The smallest absolute Gasteiger partial charge is 0.137 e. The Bertz CT molecular complexity index is 645. The highest BCUT2D eigenvalue weighted by Gasteiger charge is 2.33. The molecule has 0 aliphatic rings. The molecule has 5 nitrogen and oxygen atoms in total. The molecule has 0 saturated heterocycles. The molecule has 1 aromatic carbocycles. The van der Waals surface area contributed by atoms with Crippen LogP contribution in [0.15, 0.2) is 36.9 Å². The van der Waals surface area contributed by atoms with Gasteiger partial charge in [-0.1, -0.05) is 23.7 Å². The molecule has 1 heterocycles. The van der Waals surface area contributed by atoms with Gasteiger partial charge in [0.1, 0.15) is 23.9 Å². The number of benzene rings is 1. The molecule has 2 rings (SSSR count). The molecule has 0 aliphatic heterocycles. The molecular weight excluding hydrogens is 288 g/mol. The SMILES string of the molecule is CC(=O)CCC(C#N)(Cn1cncn1)c1ccc(Cl)cc1. The van der Waals surface area contributed by atoms with Gasteiger partial charge in [-0.3, -0.25) is 4.68 Å². The first-order chi connectivity index (χ1) is 10.1. The van der Waals surface area contributed by atoms with Crippen LogP contribution >= 0.6 is 11.6 Å². The summed E-state index contributed by atoms with van der Waals surface area (Å²) in [5, 5.41) is 14.4. The molecular formula is C15H15ClN4O. The van der Waals surface area contributed by atoms with Crippen molar-refractivity contribution < 1.29 is 4.79 Å². The molecule has 0 fully saturated rings. The van der Waals surface area contributed by atoms with Gasteiger partial charge >= 0.3 is 0 Å². The van der Waals surface area contributed by atoms with Crippen molar-refractivity contribution in [1.29, 1.82) is 5.26 Å². The van der Waals surface area contributed by atoms with E-state index in [0.717, 1.165) is 5.56 Å². The first-order valence-corrected chi connectivity index (χ1v) is 6.93. The molecule has 1 atom stereocenters. The average molecular weight is 303 g/mol. The fraction of sp³-hybridized carbons (Fsp3) is 0.333. The molecule has 2 aromatic rings. The summed E-state index contributed by atoms with van der Waals surface area (Å²) in [5.41, 5.74) is -0.00427. The molecule has 108 valence electrons. The maximum absolute atomic E-state index is 11.3. The Kier molecular flexibility index (Phi) is 4.71. The number of Topliss-reactive ketones (excluding diaryl/α,β-unsaturated/α-hetero) is 1. The monoisotopic (exact) mass is 302 g/mol. The molecule has 0 aliphatic carbocycles. The van der Waals surface area contributed by atoms with Gasteiger partial charge in [0.15, 0.2) is 0 Å². The molecule has 0 bridgehead atoms. The van der Waals surface area contributed by atoms with Crippen molar-refractivity contribution in [3.8, 4) is 6.07 Å². The van der Waals surface area contributed by atoms with Crippen LogP contribution in [0.4, 0.5) is 0 Å². The van der Waals surface area contributed by atoms with Crippen molar-refractivity contribution in [2.45, 2.75) is 31.7 Å². The van der Waals surface area contributed by atoms with Gasteiger partial charge in [-0.15, -0.1) is 0 Å². The minimum absolute atomic E-state index is 0.0576. The van der Waals surface area contributed by atoms with E-state index in [1.54, 1.807) is 23.1 Å². The molecule has 0 amide bonds. The number of nitrogens with zero attached hydrogens (tertiary/aromatic N) is 4. The van der Waals surface area contributed by atoms with Crippen molar-refractivity contribution in [2.24, 2.45) is 0 Å². The normalized spacial score (nSPS) is 13.4. The van der Waals surface area contributed by atoms with Crippen molar-refractivity contribution in [3.63, 3.8) is 0 Å². The Morgan fingerprint density at radius 1 is 1.43 bits per heavy atom. The molecule has 1 unspecified atom stereocenters. The van der Waals surface area contributed by atoms with Crippen molar-refractivity contribution in [2.75, 3.05) is 0 Å². The predicted octanol–water partition coefficient (Wildman–Crippen LogP) is 2.76. The lowest BCUT2D eigenvalue weighted by Gasteiger charge is -2.26. The molecule has 0 N–H and O–H groups in total. The second kappa shape index (κ2) is 6.51. The first-order valence-electron chi connectivity index (χ1n) is 6.55. The van der Waals surface area contributed by atoms with E-state index in [4.69, 9.17) is 11.6 Å². The highest BCUT2D eigenvalue weighted by atomic mass is 35.5. The number of rotatable bonds is 6. The number of ketones is 1. The molecule has 0 saturated carbocycles. The highest BCUT2D eigenvalue weighted by molar-refractivity contribution is 6.30. The number of carbonyl (C=O) groups excluding carboxylic acids is 1. The summed E-state index contributed by atoms with van der Waals surface area (Å²) >= 11 is 5.91. The zero-order chi connectivity index (χ0) is 15.3. The average Bonchev–Trinajstić information content (AvgIpc) is 2.97. The fourth-order valence-corrected chi connectivity index (χ4v) is 2.35. The first kappa shape index (κ1) is 15.2. The number of nitriles is 1. The lowest BCUT2D eigenvalue weighted by atomic mass is 9.77. The van der Waals surface area contributed by atoms with Crippen molar-refractivity contribution in [3.05, 3.63) is 47.5 Å². The minimum Gasteiger partial charge on any atom is -0.300 e. The molecule has 0 radical (unpaired) electrons. The summed E-state index contributed by atoms with van der Waals surface area (Å²) in [4.78, 5) is 15.2. The number of carbonyl (C=O) groups is 1. The Morgan fingerprint density at radius 3 is 2.67 bits per heavy atom. The van der Waals surface area contributed by atoms with E-state index in [9.17, 15) is 10.1 Å². The van der Waals surface area contributed by atoms with E-state index in [1.165, 1.54) is 13.3 Å². The third-order valence-electron chi connectivity index (χ3n) is 3.41. The zero-order valence-corrected chi connectivity index (χ0v) is 12.4. The molecule has 0 spiro atoms. The van der Waals surface area contributed by atoms with Gasteiger partial charge in [0.05, 0.1) is 12.6 Å². The predicted molar refractivity (Wildman–Crippen MR) is 78.7 cm³/mol. The lowest BCUT2D eigenvalue weighted by molar-refractivity contribution is -0.117. The quantitative estimate of drug-likeness (QED) is 0.822. The third-order valence-corrected chi connectivity index (χ3v) is 3.67. The number of halogens is 1. The van der Waals surface area contributed by atoms with Gasteiger partial charge in [0.25, 0.3) is 0 Å². The summed E-state index contributed by atoms with van der Waals surface area (Å²) in [6.07, 6.45) is 3.76. The van der Waals surface area contributed by atoms with Crippen LogP contribution in [0, 0.1) is 11.3 Å². The maximum Gasteiger partial charge on any atom is 0.137 e. The summed E-state index contributed by atoms with van der Waals surface area (Å²) < 4.78 is 1.61. The van der Waals surface area contributed by atoms with E-state index in [1.807, 2.05) is 12.1 Å². The van der Waals surface area contributed by atoms with Crippen LogP contribution in [0.5, 0.6) is 0 Å². The maximum atomic E-state index is 11.3. The van der Waals surface area contributed by atoms with E-state index < -0.39 is 5.41 Å². The van der Waals surface area contributed by atoms with Crippen LogP contribution in [0.3, 0.4) is 0 Å². The largest absolute Gasteiger partial charge is 0.300 e. The molecule has 6 heteroatoms. The minimum atomic E-state index is -0.829. The van der Waals surface area contributed by atoms with E-state index in [0.29, 0.717) is 24.4 Å². The molecule has 1 aromatic heterocycles. The van der Waals surface area contributed by atoms with Gasteiger partial charge < -0.3 is 4.79 Å². The Hall–Kier alpha value is -2.19. The van der Waals surface area contributed by atoms with Gasteiger partial charge in [-0.05, 0) is 31.0 Å². The van der Waals surface area contributed by atoms with Crippen LogP contribution in [0.25, 0.3) is 0 Å². The summed E-state index contributed by atoms with van der Waals surface area (Å²) in [6, 6.07) is 9.50. The second-order valence-electron chi connectivity index (χ2n) is 5.00. The highest BCUT2D eigenvalue weighted by Crippen LogP contribution is 2.31. The number of hydrogen-bond donors (Lipinski definition) is 0.